The van der Waals surface area contributed by atoms with Crippen molar-refractivity contribution in [1.82, 2.24) is 9.29 Å². The minimum atomic E-state index is -3.66. The van der Waals surface area contributed by atoms with Crippen molar-refractivity contribution < 1.29 is 22.7 Å². The molecule has 1 saturated heterocycles. The molecule has 0 bridgehead atoms. The van der Waals surface area contributed by atoms with Crippen molar-refractivity contribution in [3.05, 3.63) is 59.5 Å². The van der Waals surface area contributed by atoms with Crippen LogP contribution in [0, 0.1) is 0 Å². The molecular weight excluding hydrogens is 462 g/mol. The van der Waals surface area contributed by atoms with E-state index in [2.05, 4.69) is 10.3 Å². The molecule has 4 rings (SSSR count). The summed E-state index contributed by atoms with van der Waals surface area (Å²) in [5.41, 5.74) is 1.95. The zero-order chi connectivity index (χ0) is 23.6. The second kappa shape index (κ2) is 9.60. The highest BCUT2D eigenvalue weighted by molar-refractivity contribution is 7.89. The van der Waals surface area contributed by atoms with Gasteiger partial charge in [-0.15, -0.1) is 11.3 Å². The Morgan fingerprint density at radius 3 is 2.52 bits per heavy atom. The van der Waals surface area contributed by atoms with Gasteiger partial charge in [0, 0.05) is 29.6 Å². The number of hydrogen-bond donors (Lipinski definition) is 1. The van der Waals surface area contributed by atoms with Crippen LogP contribution in [0.1, 0.15) is 24.2 Å². The van der Waals surface area contributed by atoms with Crippen LogP contribution in [0.3, 0.4) is 0 Å². The lowest BCUT2D eigenvalue weighted by atomic mass is 10.2. The van der Waals surface area contributed by atoms with Crippen molar-refractivity contribution in [1.29, 1.82) is 0 Å². The van der Waals surface area contributed by atoms with Crippen LogP contribution in [-0.2, 0) is 14.8 Å². The molecule has 8 nitrogen and oxygen atoms in total. The predicted molar refractivity (Wildman–Crippen MR) is 127 cm³/mol. The third-order valence-electron chi connectivity index (χ3n) is 5.23. The Hall–Kier alpha value is -2.79. The molecule has 2 unspecified atom stereocenters. The van der Waals surface area contributed by atoms with E-state index in [4.69, 9.17) is 9.47 Å². The minimum Gasteiger partial charge on any atom is -0.497 e. The molecule has 2 atom stereocenters. The van der Waals surface area contributed by atoms with Gasteiger partial charge in [-0.25, -0.2) is 13.4 Å². The maximum Gasteiger partial charge on any atom is 0.257 e. The third kappa shape index (κ3) is 5.25. The Kier molecular flexibility index (Phi) is 6.80. The van der Waals surface area contributed by atoms with Gasteiger partial charge >= 0.3 is 0 Å². The fourth-order valence-corrected chi connectivity index (χ4v) is 5.97. The summed E-state index contributed by atoms with van der Waals surface area (Å²) in [6.07, 6.45) is -0.345. The smallest absolute Gasteiger partial charge is 0.257 e. The SMILES string of the molecule is COc1cccc(-c2csc(NC(=O)c3ccc(S(=O)(=O)N4CC(C)OC(C)C4)cc3)n2)c1. The quantitative estimate of drug-likeness (QED) is 0.567. The number of nitrogens with zero attached hydrogens (tertiary/aromatic N) is 2. The van der Waals surface area contributed by atoms with Crippen LogP contribution >= 0.6 is 11.3 Å². The summed E-state index contributed by atoms with van der Waals surface area (Å²) < 4.78 is 38.3. The number of rotatable bonds is 6. The van der Waals surface area contributed by atoms with Gasteiger partial charge in [-0.1, -0.05) is 12.1 Å². The fraction of sp³-hybridized carbons (Fsp3) is 0.304. The highest BCUT2D eigenvalue weighted by Crippen LogP contribution is 2.28. The number of hydrogen-bond acceptors (Lipinski definition) is 7. The molecule has 0 saturated carbocycles. The van der Waals surface area contributed by atoms with E-state index >= 15 is 0 Å². The van der Waals surface area contributed by atoms with Crippen LogP contribution in [0.2, 0.25) is 0 Å². The van der Waals surface area contributed by atoms with Gasteiger partial charge < -0.3 is 9.47 Å². The molecule has 0 aliphatic carbocycles. The highest BCUT2D eigenvalue weighted by Gasteiger charge is 2.32. The third-order valence-corrected chi connectivity index (χ3v) is 7.83. The molecule has 10 heteroatoms. The van der Waals surface area contributed by atoms with Crippen molar-refractivity contribution in [2.24, 2.45) is 0 Å². The molecule has 1 amide bonds. The van der Waals surface area contributed by atoms with E-state index < -0.39 is 10.0 Å². The number of sulfonamides is 1. The van der Waals surface area contributed by atoms with Gasteiger partial charge in [-0.3, -0.25) is 10.1 Å². The largest absolute Gasteiger partial charge is 0.497 e. The molecular formula is C23H25N3O5S2. The number of carbonyl (C=O) groups is 1. The molecule has 2 aromatic carbocycles. The number of aromatic nitrogens is 1. The first-order valence-corrected chi connectivity index (χ1v) is 12.7. The Morgan fingerprint density at radius 1 is 1.15 bits per heavy atom. The van der Waals surface area contributed by atoms with E-state index in [1.807, 2.05) is 43.5 Å². The van der Waals surface area contributed by atoms with Gasteiger partial charge in [-0.05, 0) is 50.2 Å². The first-order chi connectivity index (χ1) is 15.8. The molecule has 3 aromatic rings. The van der Waals surface area contributed by atoms with Crippen LogP contribution in [0.5, 0.6) is 5.75 Å². The van der Waals surface area contributed by atoms with Crippen LogP contribution in [0.4, 0.5) is 5.13 Å². The number of morpholine rings is 1. The molecule has 1 aromatic heterocycles. The predicted octanol–water partition coefficient (Wildman–Crippen LogP) is 3.87. The van der Waals surface area contributed by atoms with Crippen molar-refractivity contribution >= 4 is 32.4 Å². The lowest BCUT2D eigenvalue weighted by Gasteiger charge is -2.34. The van der Waals surface area contributed by atoms with Crippen molar-refractivity contribution in [2.75, 3.05) is 25.5 Å². The highest BCUT2D eigenvalue weighted by atomic mass is 32.2. The minimum absolute atomic E-state index is 0.148. The van der Waals surface area contributed by atoms with Gasteiger partial charge in [0.2, 0.25) is 10.0 Å². The Balaban J connectivity index is 1.45. The number of amides is 1. The average Bonchev–Trinajstić information content (AvgIpc) is 3.27. The van der Waals surface area contributed by atoms with E-state index in [1.54, 1.807) is 7.11 Å². The van der Waals surface area contributed by atoms with E-state index in [0.29, 0.717) is 23.8 Å². The van der Waals surface area contributed by atoms with Gasteiger partial charge in [0.25, 0.3) is 5.91 Å². The molecule has 1 fully saturated rings. The number of ether oxygens (including phenoxy) is 2. The average molecular weight is 488 g/mol. The molecule has 0 spiro atoms. The fourth-order valence-electron chi connectivity index (χ4n) is 3.67. The lowest BCUT2D eigenvalue weighted by Crippen LogP contribution is -2.48. The topological polar surface area (TPSA) is 97.8 Å². The number of thiazole rings is 1. The van der Waals surface area contributed by atoms with E-state index in [9.17, 15) is 13.2 Å². The van der Waals surface area contributed by atoms with Crippen LogP contribution in [0.15, 0.2) is 58.8 Å². The lowest BCUT2D eigenvalue weighted by molar-refractivity contribution is -0.0440. The molecule has 2 heterocycles. The standard InChI is InChI=1S/C23H25N3O5S2/c1-15-12-26(13-16(2)31-15)33(28,29)20-9-7-17(8-10-20)22(27)25-23-24-21(14-32-23)18-5-4-6-19(11-18)30-3/h4-11,14-16H,12-13H2,1-3H3,(H,24,25,27). The Bertz CT molecular complexity index is 1230. The van der Waals surface area contributed by atoms with Crippen LogP contribution in [0.25, 0.3) is 11.3 Å². The Labute approximate surface area is 197 Å². The summed E-state index contributed by atoms with van der Waals surface area (Å²) in [5, 5.41) is 5.07. The summed E-state index contributed by atoms with van der Waals surface area (Å²) in [5.74, 6) is 0.362. The van der Waals surface area contributed by atoms with Crippen molar-refractivity contribution in [2.45, 2.75) is 31.0 Å². The summed E-state index contributed by atoms with van der Waals surface area (Å²) in [4.78, 5) is 17.3. The molecule has 0 radical (unpaired) electrons. The van der Waals surface area contributed by atoms with E-state index in [-0.39, 0.29) is 23.0 Å². The van der Waals surface area contributed by atoms with Gasteiger partial charge in [0.05, 0.1) is 29.9 Å². The molecule has 1 aliphatic heterocycles. The summed E-state index contributed by atoms with van der Waals surface area (Å²) in [6, 6.07) is 13.4. The summed E-state index contributed by atoms with van der Waals surface area (Å²) in [7, 11) is -2.06. The van der Waals surface area contributed by atoms with Gasteiger partial charge in [0.1, 0.15) is 5.75 Å². The monoisotopic (exact) mass is 487 g/mol. The number of anilines is 1. The number of benzene rings is 2. The van der Waals surface area contributed by atoms with E-state index in [1.165, 1.54) is 39.9 Å². The normalized spacial score (nSPS) is 19.2. The zero-order valence-electron chi connectivity index (χ0n) is 18.5. The maximum absolute atomic E-state index is 13.0. The summed E-state index contributed by atoms with van der Waals surface area (Å²) in [6.45, 7) is 4.30. The zero-order valence-corrected chi connectivity index (χ0v) is 20.2. The van der Waals surface area contributed by atoms with E-state index in [0.717, 1.165) is 17.0 Å². The van der Waals surface area contributed by atoms with Crippen molar-refractivity contribution in [3.8, 4) is 17.0 Å². The van der Waals surface area contributed by atoms with Crippen LogP contribution < -0.4 is 10.1 Å². The Morgan fingerprint density at radius 2 is 1.85 bits per heavy atom. The number of carbonyl (C=O) groups excluding carboxylic acids is 1. The molecule has 1 aliphatic rings. The second-order valence-electron chi connectivity index (χ2n) is 7.83. The maximum atomic E-state index is 13.0. The molecule has 33 heavy (non-hydrogen) atoms. The first kappa shape index (κ1) is 23.4. The van der Waals surface area contributed by atoms with Gasteiger partial charge in [0.15, 0.2) is 5.13 Å². The summed E-state index contributed by atoms with van der Waals surface area (Å²) >= 11 is 1.31. The van der Waals surface area contributed by atoms with Crippen LogP contribution in [-0.4, -0.2) is 56.0 Å². The number of nitrogens with one attached hydrogen (secondary N) is 1. The molecule has 1 N–H and O–H groups in total. The van der Waals surface area contributed by atoms with Gasteiger partial charge in [-0.2, -0.15) is 4.31 Å². The second-order valence-corrected chi connectivity index (χ2v) is 10.6. The molecule has 174 valence electrons. The van der Waals surface area contributed by atoms with Crippen molar-refractivity contribution in [3.63, 3.8) is 0 Å². The first-order valence-electron chi connectivity index (χ1n) is 10.4. The number of methoxy groups -OCH3 is 1.